The molecule has 0 aromatic carbocycles. The van der Waals surface area contributed by atoms with Gasteiger partial charge in [0.05, 0.1) is 16.6 Å². The molecule has 0 unspecified atom stereocenters. The van der Waals surface area contributed by atoms with E-state index in [0.29, 0.717) is 19.4 Å². The largest absolute Gasteiger partial charge is 0.481 e. The fourth-order valence-corrected chi connectivity index (χ4v) is 2.64. The summed E-state index contributed by atoms with van der Waals surface area (Å²) in [6.45, 7) is 3.90. The van der Waals surface area contributed by atoms with Crippen molar-refractivity contribution in [3.05, 3.63) is 4.91 Å². The molecule has 6 nitrogen and oxygen atoms in total. The van der Waals surface area contributed by atoms with Gasteiger partial charge in [0.15, 0.2) is 0 Å². The summed E-state index contributed by atoms with van der Waals surface area (Å²) in [4.78, 5) is 33.4. The molecule has 0 spiro atoms. The van der Waals surface area contributed by atoms with E-state index in [0.717, 1.165) is 24.8 Å². The zero-order chi connectivity index (χ0) is 14.5. The van der Waals surface area contributed by atoms with Crippen molar-refractivity contribution in [1.29, 1.82) is 0 Å². The number of rotatable bonds is 6. The van der Waals surface area contributed by atoms with Crippen LogP contribution in [0.25, 0.3) is 0 Å². The summed E-state index contributed by atoms with van der Waals surface area (Å²) in [5.74, 6) is -2.18. The van der Waals surface area contributed by atoms with Gasteiger partial charge in [-0.05, 0) is 26.7 Å². The number of carboxylic acids is 1. The number of nitrogens with one attached hydrogen (secondary N) is 1. The first-order valence-electron chi connectivity index (χ1n) is 6.39. The second-order valence-electron chi connectivity index (χ2n) is 5.48. The number of hydrogen-bond donors (Lipinski definition) is 2. The van der Waals surface area contributed by atoms with E-state index < -0.39 is 22.6 Å². The van der Waals surface area contributed by atoms with Crippen LogP contribution in [0.5, 0.6) is 0 Å². The van der Waals surface area contributed by atoms with E-state index in [9.17, 15) is 14.5 Å². The molecule has 19 heavy (non-hydrogen) atoms. The number of nitrogens with zero attached hydrogens (tertiary/aromatic N) is 1. The third-order valence-electron chi connectivity index (χ3n) is 3.39. The lowest BCUT2D eigenvalue weighted by molar-refractivity contribution is -0.148. The molecule has 0 bridgehead atoms. The molecule has 1 saturated carbocycles. The third kappa shape index (κ3) is 4.81. The Morgan fingerprint density at radius 2 is 1.89 bits per heavy atom. The summed E-state index contributed by atoms with van der Waals surface area (Å²) >= 11 is 0.868. The molecule has 0 radical (unpaired) electrons. The number of hydrogen-bond acceptors (Lipinski definition) is 5. The van der Waals surface area contributed by atoms with Gasteiger partial charge in [0.2, 0.25) is 5.91 Å². The van der Waals surface area contributed by atoms with Gasteiger partial charge in [-0.3, -0.25) is 9.59 Å². The molecule has 7 heteroatoms. The first kappa shape index (κ1) is 15.9. The number of carboxylic acid groups (broad SMARTS) is 1. The summed E-state index contributed by atoms with van der Waals surface area (Å²) in [5, 5.41) is 11.9. The highest BCUT2D eigenvalue weighted by Gasteiger charge is 2.36. The molecular weight excluding hydrogens is 268 g/mol. The monoisotopic (exact) mass is 288 g/mol. The molecule has 0 aromatic heterocycles. The topological polar surface area (TPSA) is 95.8 Å². The van der Waals surface area contributed by atoms with Gasteiger partial charge in [-0.25, -0.2) is 0 Å². The lowest BCUT2D eigenvalue weighted by Gasteiger charge is -2.29. The van der Waals surface area contributed by atoms with Crippen LogP contribution in [0, 0.1) is 16.7 Å². The van der Waals surface area contributed by atoms with Crippen molar-refractivity contribution in [3.63, 3.8) is 0 Å². The predicted molar refractivity (Wildman–Crippen MR) is 73.6 cm³/mol. The zero-order valence-electron chi connectivity index (χ0n) is 11.2. The number of carbonyl (C=O) groups is 2. The van der Waals surface area contributed by atoms with Crippen LogP contribution in [0.1, 0.15) is 39.5 Å². The highest BCUT2D eigenvalue weighted by Crippen LogP contribution is 2.31. The Kier molecular flexibility index (Phi) is 5.78. The minimum absolute atomic E-state index is 0.230. The standard InChI is InChI=1S/C12H20N2O4S/c1-12(2,19-14-18)7-13-10(15)8-5-3-4-6-9(8)11(16)17/h8-9H,3-7H2,1-2H3,(H,13,15)(H,16,17)/t8-,9+/m1/s1. The average molecular weight is 288 g/mol. The van der Waals surface area contributed by atoms with E-state index in [4.69, 9.17) is 5.11 Å². The first-order valence-corrected chi connectivity index (χ1v) is 7.16. The second kappa shape index (κ2) is 6.88. The van der Waals surface area contributed by atoms with E-state index in [-0.39, 0.29) is 5.91 Å². The van der Waals surface area contributed by atoms with Gasteiger partial charge in [-0.15, -0.1) is 4.91 Å². The van der Waals surface area contributed by atoms with Gasteiger partial charge >= 0.3 is 5.97 Å². The fraction of sp³-hybridized carbons (Fsp3) is 0.833. The van der Waals surface area contributed by atoms with Crippen molar-refractivity contribution < 1.29 is 14.7 Å². The van der Waals surface area contributed by atoms with Gasteiger partial charge in [0.25, 0.3) is 0 Å². The quantitative estimate of drug-likeness (QED) is 0.577. The van der Waals surface area contributed by atoms with Crippen molar-refractivity contribution in [2.45, 2.75) is 44.3 Å². The van der Waals surface area contributed by atoms with Crippen LogP contribution < -0.4 is 5.32 Å². The molecule has 1 fully saturated rings. The van der Waals surface area contributed by atoms with E-state index in [2.05, 4.69) is 9.90 Å². The van der Waals surface area contributed by atoms with Gasteiger partial charge in [-0.1, -0.05) is 12.8 Å². The minimum Gasteiger partial charge on any atom is -0.481 e. The van der Waals surface area contributed by atoms with Crippen LogP contribution in [0.15, 0.2) is 4.58 Å². The second-order valence-corrected chi connectivity index (χ2v) is 6.92. The Labute approximate surface area is 116 Å². The highest BCUT2D eigenvalue weighted by molar-refractivity contribution is 7.99. The normalized spacial score (nSPS) is 23.7. The smallest absolute Gasteiger partial charge is 0.307 e. The molecule has 0 aromatic rings. The zero-order valence-corrected chi connectivity index (χ0v) is 12.0. The fourth-order valence-electron chi connectivity index (χ4n) is 2.30. The van der Waals surface area contributed by atoms with Crippen LogP contribution in [-0.4, -0.2) is 28.3 Å². The summed E-state index contributed by atoms with van der Waals surface area (Å²) in [7, 11) is 0. The Morgan fingerprint density at radius 1 is 1.32 bits per heavy atom. The van der Waals surface area contributed by atoms with Gasteiger partial charge < -0.3 is 10.4 Å². The molecular formula is C12H20N2O4S. The van der Waals surface area contributed by atoms with Crippen LogP contribution in [-0.2, 0) is 9.59 Å². The predicted octanol–water partition coefficient (Wildman–Crippen LogP) is 2.19. The maximum atomic E-state index is 12.1. The van der Waals surface area contributed by atoms with Crippen molar-refractivity contribution in [2.24, 2.45) is 16.4 Å². The van der Waals surface area contributed by atoms with Crippen molar-refractivity contribution in [3.8, 4) is 0 Å². The molecule has 1 aliphatic carbocycles. The van der Waals surface area contributed by atoms with Gasteiger partial charge in [0, 0.05) is 23.1 Å². The Balaban J connectivity index is 2.56. The van der Waals surface area contributed by atoms with Crippen LogP contribution in [0.2, 0.25) is 0 Å². The summed E-state index contributed by atoms with van der Waals surface area (Å²) in [6.07, 6.45) is 2.91. The molecule has 2 atom stereocenters. The number of nitroso groups, excluding NO2 is 1. The summed E-state index contributed by atoms with van der Waals surface area (Å²) < 4.78 is 2.28. The first-order chi connectivity index (χ1) is 8.87. The molecule has 0 saturated heterocycles. The van der Waals surface area contributed by atoms with E-state index in [1.807, 2.05) is 0 Å². The molecule has 1 amide bonds. The SMILES string of the molecule is CC(C)(CNC(=O)[C@@H]1CCCC[C@@H]1C(=O)O)SN=O. The van der Waals surface area contributed by atoms with Crippen LogP contribution in [0.3, 0.4) is 0 Å². The molecule has 108 valence electrons. The average Bonchev–Trinajstić information content (AvgIpc) is 2.36. The van der Waals surface area contributed by atoms with E-state index in [1.54, 1.807) is 13.8 Å². The molecule has 1 rings (SSSR count). The van der Waals surface area contributed by atoms with Crippen molar-refractivity contribution in [2.75, 3.05) is 6.54 Å². The highest BCUT2D eigenvalue weighted by atomic mass is 32.2. The van der Waals surface area contributed by atoms with Gasteiger partial charge in [-0.2, -0.15) is 0 Å². The maximum Gasteiger partial charge on any atom is 0.307 e. The Bertz CT molecular complexity index is 360. The van der Waals surface area contributed by atoms with E-state index >= 15 is 0 Å². The minimum atomic E-state index is -0.900. The lowest BCUT2D eigenvalue weighted by atomic mass is 9.78. The van der Waals surface area contributed by atoms with Crippen molar-refractivity contribution >= 4 is 23.8 Å². The van der Waals surface area contributed by atoms with Crippen LogP contribution >= 0.6 is 11.9 Å². The Morgan fingerprint density at radius 3 is 2.42 bits per heavy atom. The number of aliphatic carboxylic acids is 1. The molecule has 1 aliphatic rings. The van der Waals surface area contributed by atoms with Crippen LogP contribution in [0.4, 0.5) is 0 Å². The Hall–Kier alpha value is -1.11. The third-order valence-corrected chi connectivity index (χ3v) is 4.11. The lowest BCUT2D eigenvalue weighted by Crippen LogP contribution is -2.43. The molecule has 0 aliphatic heterocycles. The molecule has 2 N–H and O–H groups in total. The van der Waals surface area contributed by atoms with E-state index in [1.165, 1.54) is 0 Å². The van der Waals surface area contributed by atoms with Crippen molar-refractivity contribution in [1.82, 2.24) is 5.32 Å². The number of carbonyl (C=O) groups excluding carboxylic acids is 1. The summed E-state index contributed by atoms with van der Waals surface area (Å²) in [6, 6.07) is 0. The number of amides is 1. The molecule has 0 heterocycles. The van der Waals surface area contributed by atoms with Gasteiger partial charge in [0.1, 0.15) is 0 Å². The maximum absolute atomic E-state index is 12.1. The summed E-state index contributed by atoms with van der Waals surface area (Å²) in [5.41, 5.74) is 0.